The molecule has 2 aromatic carbocycles. The van der Waals surface area contributed by atoms with Crippen LogP contribution in [0.15, 0.2) is 42.5 Å². The highest BCUT2D eigenvalue weighted by Crippen LogP contribution is 2.34. The summed E-state index contributed by atoms with van der Waals surface area (Å²) < 4.78 is 16.6. The van der Waals surface area contributed by atoms with Crippen LogP contribution in [0.5, 0.6) is 5.75 Å². The lowest BCUT2D eigenvalue weighted by Gasteiger charge is -2.33. The number of carbonyl (C=O) groups excluding carboxylic acids is 1. The van der Waals surface area contributed by atoms with Gasteiger partial charge in [0.1, 0.15) is 12.4 Å². The molecule has 0 aromatic heterocycles. The number of rotatable bonds is 7. The van der Waals surface area contributed by atoms with Gasteiger partial charge in [-0.1, -0.05) is 35.9 Å². The Hall–Kier alpha value is -2.08. The fraction of sp³-hybridized carbons (Fsp3) is 0.435. The molecular formula is C23H27ClO5. The van der Waals surface area contributed by atoms with Gasteiger partial charge in [0, 0.05) is 24.8 Å². The van der Waals surface area contributed by atoms with Crippen LogP contribution in [0, 0.1) is 0 Å². The molecule has 156 valence electrons. The second-order valence-electron chi connectivity index (χ2n) is 7.28. The van der Waals surface area contributed by atoms with Gasteiger partial charge in [-0.2, -0.15) is 0 Å². The normalized spacial score (nSPS) is 21.6. The first kappa shape index (κ1) is 21.6. The van der Waals surface area contributed by atoms with Crippen LogP contribution in [0.3, 0.4) is 0 Å². The second kappa shape index (κ2) is 10.1. The molecule has 5 nitrogen and oxygen atoms in total. The van der Waals surface area contributed by atoms with E-state index in [1.165, 1.54) is 6.92 Å². The maximum absolute atomic E-state index is 11.1. The molecule has 29 heavy (non-hydrogen) atoms. The monoisotopic (exact) mass is 418 g/mol. The quantitative estimate of drug-likeness (QED) is 0.672. The lowest BCUT2D eigenvalue weighted by Crippen LogP contribution is -2.34. The van der Waals surface area contributed by atoms with Gasteiger partial charge in [-0.25, -0.2) is 0 Å². The van der Waals surface area contributed by atoms with Crippen LogP contribution in [0.4, 0.5) is 0 Å². The first-order valence-electron chi connectivity index (χ1n) is 9.91. The highest BCUT2D eigenvalue weighted by atomic mass is 35.5. The van der Waals surface area contributed by atoms with Crippen LogP contribution in [-0.2, 0) is 20.7 Å². The van der Waals surface area contributed by atoms with Crippen molar-refractivity contribution in [3.05, 3.63) is 64.2 Å². The summed E-state index contributed by atoms with van der Waals surface area (Å²) in [6.45, 7) is 4.11. The zero-order chi connectivity index (χ0) is 20.8. The van der Waals surface area contributed by atoms with Gasteiger partial charge in [0.2, 0.25) is 0 Å². The maximum Gasteiger partial charge on any atom is 0.302 e. The van der Waals surface area contributed by atoms with E-state index in [4.69, 9.17) is 25.8 Å². The lowest BCUT2D eigenvalue weighted by atomic mass is 9.94. The number of esters is 1. The highest BCUT2D eigenvalue weighted by molar-refractivity contribution is 6.31. The molecule has 1 N–H and O–H groups in total. The molecule has 1 aliphatic rings. The van der Waals surface area contributed by atoms with E-state index in [0.29, 0.717) is 30.9 Å². The maximum atomic E-state index is 11.1. The van der Waals surface area contributed by atoms with Crippen molar-refractivity contribution in [3.63, 3.8) is 0 Å². The summed E-state index contributed by atoms with van der Waals surface area (Å²) in [5.74, 6) is 0.494. The topological polar surface area (TPSA) is 65.0 Å². The van der Waals surface area contributed by atoms with E-state index in [1.54, 1.807) is 0 Å². The Morgan fingerprint density at radius 2 is 1.97 bits per heavy atom. The molecule has 0 radical (unpaired) electrons. The fourth-order valence-electron chi connectivity index (χ4n) is 3.54. The minimum atomic E-state index is -0.500. The molecule has 0 saturated carbocycles. The van der Waals surface area contributed by atoms with Crippen molar-refractivity contribution in [1.29, 1.82) is 0 Å². The Balaban J connectivity index is 1.72. The molecule has 0 unspecified atom stereocenters. The SMILES string of the molecule is CCOc1ccc(Cc2cc([C@H]3C[C@@H](O)C[C@@H](COC(C)=O)O3)ccc2Cl)cc1. The molecule has 2 aromatic rings. The van der Waals surface area contributed by atoms with Gasteiger partial charge in [0.25, 0.3) is 0 Å². The van der Waals surface area contributed by atoms with E-state index in [-0.39, 0.29) is 24.8 Å². The van der Waals surface area contributed by atoms with Crippen LogP contribution >= 0.6 is 11.6 Å². The average molecular weight is 419 g/mol. The molecular weight excluding hydrogens is 392 g/mol. The van der Waals surface area contributed by atoms with Gasteiger partial charge in [-0.3, -0.25) is 4.79 Å². The Labute approximate surface area is 176 Å². The molecule has 6 heteroatoms. The van der Waals surface area contributed by atoms with E-state index in [9.17, 15) is 9.90 Å². The Morgan fingerprint density at radius 1 is 1.21 bits per heavy atom. The molecule has 1 aliphatic heterocycles. The van der Waals surface area contributed by atoms with Crippen molar-refractivity contribution in [2.45, 2.75) is 51.4 Å². The van der Waals surface area contributed by atoms with Crippen LogP contribution < -0.4 is 4.74 Å². The zero-order valence-corrected chi connectivity index (χ0v) is 17.5. The summed E-state index contributed by atoms with van der Waals surface area (Å²) in [4.78, 5) is 11.1. The molecule has 3 atom stereocenters. The molecule has 0 amide bonds. The van der Waals surface area contributed by atoms with Crippen LogP contribution in [0.25, 0.3) is 0 Å². The Bertz CT molecular complexity index is 821. The third kappa shape index (κ3) is 6.20. The summed E-state index contributed by atoms with van der Waals surface area (Å²) in [7, 11) is 0. The van der Waals surface area contributed by atoms with Gasteiger partial charge in [-0.05, 0) is 48.2 Å². The van der Waals surface area contributed by atoms with E-state index in [1.807, 2.05) is 49.4 Å². The van der Waals surface area contributed by atoms with Gasteiger partial charge in [-0.15, -0.1) is 0 Å². The number of aliphatic hydroxyl groups excluding tert-OH is 1. The Kier molecular flexibility index (Phi) is 7.53. The third-order valence-electron chi connectivity index (χ3n) is 4.92. The predicted molar refractivity (Wildman–Crippen MR) is 111 cm³/mol. The summed E-state index contributed by atoms with van der Waals surface area (Å²) in [5, 5.41) is 10.9. The molecule has 0 aliphatic carbocycles. The first-order chi connectivity index (χ1) is 13.9. The second-order valence-corrected chi connectivity index (χ2v) is 7.69. The fourth-order valence-corrected chi connectivity index (χ4v) is 3.73. The largest absolute Gasteiger partial charge is 0.494 e. The first-order valence-corrected chi connectivity index (χ1v) is 10.3. The van der Waals surface area contributed by atoms with Crippen LogP contribution in [0.1, 0.15) is 49.5 Å². The molecule has 0 bridgehead atoms. The number of hydrogen-bond acceptors (Lipinski definition) is 5. The zero-order valence-electron chi connectivity index (χ0n) is 16.8. The summed E-state index contributed by atoms with van der Waals surface area (Å²) >= 11 is 6.44. The standard InChI is InChI=1S/C23H27ClO5/c1-3-27-20-7-4-16(5-8-20)10-18-11-17(6-9-22(18)24)23-13-19(26)12-21(29-23)14-28-15(2)25/h4-9,11,19,21,23,26H,3,10,12-14H2,1-2H3/t19-,21-,23+/m0/s1. The predicted octanol–water partition coefficient (Wildman–Crippen LogP) is 4.47. The number of aliphatic hydroxyl groups is 1. The van der Waals surface area contributed by atoms with Crippen molar-refractivity contribution in [3.8, 4) is 5.75 Å². The van der Waals surface area contributed by atoms with Crippen molar-refractivity contribution in [2.75, 3.05) is 13.2 Å². The highest BCUT2D eigenvalue weighted by Gasteiger charge is 2.30. The number of halogens is 1. The minimum absolute atomic E-state index is 0.148. The van der Waals surface area contributed by atoms with Crippen molar-refractivity contribution in [1.82, 2.24) is 0 Å². The lowest BCUT2D eigenvalue weighted by molar-refractivity contribution is -0.155. The average Bonchev–Trinajstić information content (AvgIpc) is 2.69. The van der Waals surface area contributed by atoms with E-state index in [2.05, 4.69) is 0 Å². The van der Waals surface area contributed by atoms with Crippen LogP contribution in [-0.4, -0.2) is 36.5 Å². The smallest absolute Gasteiger partial charge is 0.302 e. The number of ether oxygens (including phenoxy) is 3. The molecule has 1 saturated heterocycles. The summed E-state index contributed by atoms with van der Waals surface area (Å²) in [5.41, 5.74) is 3.08. The van der Waals surface area contributed by atoms with Crippen LogP contribution in [0.2, 0.25) is 5.02 Å². The number of benzene rings is 2. The number of hydrogen-bond donors (Lipinski definition) is 1. The summed E-state index contributed by atoms with van der Waals surface area (Å²) in [6, 6.07) is 13.8. The molecule has 3 rings (SSSR count). The van der Waals surface area contributed by atoms with Gasteiger partial charge in [0.15, 0.2) is 0 Å². The van der Waals surface area contributed by atoms with Crippen molar-refractivity contribution in [2.24, 2.45) is 0 Å². The van der Waals surface area contributed by atoms with Crippen molar-refractivity contribution >= 4 is 17.6 Å². The Morgan fingerprint density at radius 3 is 2.66 bits per heavy atom. The molecule has 1 heterocycles. The summed E-state index contributed by atoms with van der Waals surface area (Å²) in [6.07, 6.45) is 0.551. The van der Waals surface area contributed by atoms with E-state index >= 15 is 0 Å². The minimum Gasteiger partial charge on any atom is -0.494 e. The number of carbonyl (C=O) groups is 1. The van der Waals surface area contributed by atoms with E-state index in [0.717, 1.165) is 22.4 Å². The van der Waals surface area contributed by atoms with Gasteiger partial charge < -0.3 is 19.3 Å². The van der Waals surface area contributed by atoms with Gasteiger partial charge >= 0.3 is 5.97 Å². The molecule has 0 spiro atoms. The third-order valence-corrected chi connectivity index (χ3v) is 5.29. The molecule has 1 fully saturated rings. The van der Waals surface area contributed by atoms with Crippen molar-refractivity contribution < 1.29 is 24.1 Å². The van der Waals surface area contributed by atoms with Gasteiger partial charge in [0.05, 0.1) is 24.9 Å². The van der Waals surface area contributed by atoms with E-state index < -0.39 is 6.10 Å².